The summed E-state index contributed by atoms with van der Waals surface area (Å²) in [5, 5.41) is 3.32. The Balaban J connectivity index is 2.30. The van der Waals surface area contributed by atoms with Crippen LogP contribution in [0.15, 0.2) is 6.07 Å². The van der Waals surface area contributed by atoms with Crippen LogP contribution in [-0.2, 0) is 0 Å². The monoisotopic (exact) mass is 291 g/mol. The Morgan fingerprint density at radius 1 is 1.29 bits per heavy atom. The average Bonchev–Trinajstić information content (AvgIpc) is 2.41. The van der Waals surface area contributed by atoms with Gasteiger partial charge in [0.05, 0.1) is 0 Å². The van der Waals surface area contributed by atoms with Crippen molar-refractivity contribution in [1.82, 2.24) is 14.9 Å². The van der Waals surface area contributed by atoms with Gasteiger partial charge in [0, 0.05) is 43.7 Å². The maximum absolute atomic E-state index is 4.79. The minimum atomic E-state index is 0.166. The van der Waals surface area contributed by atoms with Gasteiger partial charge in [0.25, 0.3) is 0 Å². The van der Waals surface area contributed by atoms with Gasteiger partial charge in [0.15, 0.2) is 0 Å². The van der Waals surface area contributed by atoms with Gasteiger partial charge in [-0.05, 0) is 27.8 Å². The van der Waals surface area contributed by atoms with Gasteiger partial charge in [-0.25, -0.2) is 9.97 Å². The van der Waals surface area contributed by atoms with Gasteiger partial charge < -0.3 is 10.2 Å². The molecule has 1 aliphatic rings. The standard InChI is InChI=1S/C16H29N5/c1-7-17-13-10-14(19-15(18-13)12(2)3)21-9-8-20(6)16(4,5)11-21/h10,12H,7-9,11H2,1-6H3,(H,17,18,19). The molecule has 0 aromatic carbocycles. The van der Waals surface area contributed by atoms with Crippen LogP contribution in [-0.4, -0.2) is 53.6 Å². The van der Waals surface area contributed by atoms with Crippen molar-refractivity contribution in [2.45, 2.75) is 46.1 Å². The van der Waals surface area contributed by atoms with Crippen LogP contribution in [0.2, 0.25) is 0 Å². The molecule has 118 valence electrons. The van der Waals surface area contributed by atoms with E-state index < -0.39 is 0 Å². The van der Waals surface area contributed by atoms with E-state index in [1.165, 1.54) is 0 Å². The lowest BCUT2D eigenvalue weighted by molar-refractivity contribution is 0.138. The molecule has 0 saturated carbocycles. The van der Waals surface area contributed by atoms with Gasteiger partial charge in [-0.15, -0.1) is 0 Å². The Bertz CT molecular complexity index is 484. The third-order valence-corrected chi connectivity index (χ3v) is 4.24. The number of rotatable bonds is 4. The van der Waals surface area contributed by atoms with E-state index >= 15 is 0 Å². The molecule has 5 nitrogen and oxygen atoms in total. The highest BCUT2D eigenvalue weighted by Gasteiger charge is 2.32. The van der Waals surface area contributed by atoms with Crippen molar-refractivity contribution in [1.29, 1.82) is 0 Å². The topological polar surface area (TPSA) is 44.3 Å². The predicted molar refractivity (Wildman–Crippen MR) is 89.2 cm³/mol. The molecule has 1 saturated heterocycles. The molecule has 0 unspecified atom stereocenters. The van der Waals surface area contributed by atoms with Crippen LogP contribution in [0, 0.1) is 0 Å². The molecule has 1 fully saturated rings. The second-order valence-electron chi connectivity index (χ2n) is 6.81. The second kappa shape index (κ2) is 6.18. The first-order chi connectivity index (χ1) is 9.83. The van der Waals surface area contributed by atoms with E-state index in [-0.39, 0.29) is 5.54 Å². The van der Waals surface area contributed by atoms with E-state index in [2.05, 4.69) is 67.8 Å². The van der Waals surface area contributed by atoms with Crippen LogP contribution >= 0.6 is 0 Å². The quantitative estimate of drug-likeness (QED) is 0.923. The summed E-state index contributed by atoms with van der Waals surface area (Å²) < 4.78 is 0. The highest BCUT2D eigenvalue weighted by Crippen LogP contribution is 2.25. The van der Waals surface area contributed by atoms with Crippen molar-refractivity contribution in [3.63, 3.8) is 0 Å². The normalized spacial score (nSPS) is 19.1. The van der Waals surface area contributed by atoms with Gasteiger partial charge in [0.1, 0.15) is 17.5 Å². The zero-order valence-electron chi connectivity index (χ0n) is 14.3. The van der Waals surface area contributed by atoms with E-state index in [1.807, 2.05) is 0 Å². The molecule has 0 amide bonds. The molecule has 1 aromatic heterocycles. The zero-order valence-corrected chi connectivity index (χ0v) is 14.3. The maximum Gasteiger partial charge on any atom is 0.135 e. The lowest BCUT2D eigenvalue weighted by atomic mass is 10.00. The van der Waals surface area contributed by atoms with Crippen molar-refractivity contribution in [3.05, 3.63) is 11.9 Å². The molecule has 0 radical (unpaired) electrons. The molecule has 2 rings (SSSR count). The summed E-state index contributed by atoms with van der Waals surface area (Å²) in [6.07, 6.45) is 0. The fourth-order valence-electron chi connectivity index (χ4n) is 2.58. The Morgan fingerprint density at radius 3 is 2.57 bits per heavy atom. The molecule has 0 bridgehead atoms. The first kappa shape index (κ1) is 16.0. The third-order valence-electron chi connectivity index (χ3n) is 4.24. The molecule has 0 aliphatic carbocycles. The van der Waals surface area contributed by atoms with E-state index in [0.717, 1.165) is 43.6 Å². The van der Waals surface area contributed by atoms with Crippen molar-refractivity contribution in [3.8, 4) is 0 Å². The van der Waals surface area contributed by atoms with Crippen molar-refractivity contribution in [2.24, 2.45) is 0 Å². The molecular weight excluding hydrogens is 262 g/mol. The Labute approximate surface area is 128 Å². The van der Waals surface area contributed by atoms with Crippen LogP contribution in [0.3, 0.4) is 0 Å². The van der Waals surface area contributed by atoms with Gasteiger partial charge in [0.2, 0.25) is 0 Å². The van der Waals surface area contributed by atoms with Crippen LogP contribution in [0.5, 0.6) is 0 Å². The van der Waals surface area contributed by atoms with Crippen molar-refractivity contribution >= 4 is 11.6 Å². The van der Waals surface area contributed by atoms with E-state index in [9.17, 15) is 0 Å². The summed E-state index contributed by atoms with van der Waals surface area (Å²) in [5.74, 6) is 3.23. The number of likely N-dealkylation sites (N-methyl/N-ethyl adjacent to an activating group) is 1. The Morgan fingerprint density at radius 2 is 2.00 bits per heavy atom. The van der Waals surface area contributed by atoms with E-state index in [0.29, 0.717) is 5.92 Å². The van der Waals surface area contributed by atoms with Gasteiger partial charge in [-0.2, -0.15) is 0 Å². The van der Waals surface area contributed by atoms with Crippen LogP contribution in [0.4, 0.5) is 11.6 Å². The lowest BCUT2D eigenvalue weighted by Gasteiger charge is -2.45. The van der Waals surface area contributed by atoms with Crippen molar-refractivity contribution < 1.29 is 0 Å². The molecule has 0 atom stereocenters. The molecule has 2 heterocycles. The molecule has 1 N–H and O–H groups in total. The summed E-state index contributed by atoms with van der Waals surface area (Å²) in [6.45, 7) is 14.9. The summed E-state index contributed by atoms with van der Waals surface area (Å²) in [4.78, 5) is 14.2. The number of anilines is 2. The Hall–Kier alpha value is -1.36. The van der Waals surface area contributed by atoms with Crippen LogP contribution in [0.1, 0.15) is 46.4 Å². The number of piperazine rings is 1. The van der Waals surface area contributed by atoms with E-state index in [1.54, 1.807) is 0 Å². The Kier molecular flexibility index (Phi) is 4.71. The minimum absolute atomic E-state index is 0.166. The van der Waals surface area contributed by atoms with Crippen molar-refractivity contribution in [2.75, 3.05) is 43.4 Å². The molecule has 1 aromatic rings. The summed E-state index contributed by atoms with van der Waals surface area (Å²) in [6, 6.07) is 2.08. The lowest BCUT2D eigenvalue weighted by Crippen LogP contribution is -2.58. The number of hydrogen-bond acceptors (Lipinski definition) is 5. The van der Waals surface area contributed by atoms with Gasteiger partial charge in [-0.1, -0.05) is 13.8 Å². The fourth-order valence-corrected chi connectivity index (χ4v) is 2.58. The molecular formula is C16H29N5. The second-order valence-corrected chi connectivity index (χ2v) is 6.81. The van der Waals surface area contributed by atoms with Gasteiger partial charge >= 0.3 is 0 Å². The number of hydrogen-bond donors (Lipinski definition) is 1. The summed E-state index contributed by atoms with van der Waals surface area (Å²) in [5.41, 5.74) is 0.166. The smallest absolute Gasteiger partial charge is 0.135 e. The number of nitrogens with zero attached hydrogens (tertiary/aromatic N) is 4. The highest BCUT2D eigenvalue weighted by molar-refractivity contribution is 5.50. The summed E-state index contributed by atoms with van der Waals surface area (Å²) >= 11 is 0. The molecule has 5 heteroatoms. The molecule has 0 spiro atoms. The minimum Gasteiger partial charge on any atom is -0.370 e. The van der Waals surface area contributed by atoms with Crippen LogP contribution in [0.25, 0.3) is 0 Å². The van der Waals surface area contributed by atoms with Gasteiger partial charge in [-0.3, -0.25) is 4.90 Å². The fraction of sp³-hybridized carbons (Fsp3) is 0.750. The largest absolute Gasteiger partial charge is 0.370 e. The molecule has 1 aliphatic heterocycles. The maximum atomic E-state index is 4.79. The van der Waals surface area contributed by atoms with Crippen LogP contribution < -0.4 is 10.2 Å². The SMILES string of the molecule is CCNc1cc(N2CCN(C)C(C)(C)C2)nc(C(C)C)n1. The number of nitrogens with one attached hydrogen (secondary N) is 1. The first-order valence-electron chi connectivity index (χ1n) is 7.92. The summed E-state index contributed by atoms with van der Waals surface area (Å²) in [7, 11) is 2.20. The molecule has 21 heavy (non-hydrogen) atoms. The van der Waals surface area contributed by atoms with E-state index in [4.69, 9.17) is 4.98 Å². The first-order valence-corrected chi connectivity index (χ1v) is 7.92. The average molecular weight is 291 g/mol. The number of aromatic nitrogens is 2. The predicted octanol–water partition coefficient (Wildman–Crippen LogP) is 2.56. The highest BCUT2D eigenvalue weighted by atomic mass is 15.3. The third kappa shape index (κ3) is 3.64. The zero-order chi connectivity index (χ0) is 15.6.